The molecule has 4 nitrogen and oxygen atoms in total. The third-order valence-electron chi connectivity index (χ3n) is 3.09. The van der Waals surface area contributed by atoms with Gasteiger partial charge in [0.1, 0.15) is 5.92 Å². The lowest BCUT2D eigenvalue weighted by atomic mass is 10.1. The number of carbonyl (C=O) groups is 2. The lowest BCUT2D eigenvalue weighted by Gasteiger charge is -2.19. The molecule has 18 heavy (non-hydrogen) atoms. The summed E-state index contributed by atoms with van der Waals surface area (Å²) in [7, 11) is 1.64. The van der Waals surface area contributed by atoms with E-state index in [1.54, 1.807) is 7.05 Å². The second-order valence-corrected chi connectivity index (χ2v) is 4.50. The monoisotopic (exact) mass is 249 g/mol. The van der Waals surface area contributed by atoms with Crippen LogP contribution in [-0.4, -0.2) is 35.5 Å². The normalized spacial score (nSPS) is 11.9. The smallest absolute Gasteiger partial charge is 0.315 e. The fourth-order valence-electron chi connectivity index (χ4n) is 1.73. The largest absolute Gasteiger partial charge is 0.481 e. The van der Waals surface area contributed by atoms with Gasteiger partial charge in [-0.3, -0.25) is 9.59 Å². The molecule has 1 rings (SSSR count). The SMILES string of the molecule is Cc1ccccc1CCN(C)C(=O)C(C)C(=O)O. The van der Waals surface area contributed by atoms with Gasteiger partial charge in [-0.1, -0.05) is 24.3 Å². The molecule has 0 saturated heterocycles. The van der Waals surface area contributed by atoms with Gasteiger partial charge in [-0.2, -0.15) is 0 Å². The third kappa shape index (κ3) is 3.58. The van der Waals surface area contributed by atoms with Crippen molar-refractivity contribution in [2.75, 3.05) is 13.6 Å². The zero-order chi connectivity index (χ0) is 13.7. The number of aliphatic carboxylic acids is 1. The van der Waals surface area contributed by atoms with E-state index in [2.05, 4.69) is 0 Å². The lowest BCUT2D eigenvalue weighted by molar-refractivity contribution is -0.149. The van der Waals surface area contributed by atoms with Crippen LogP contribution in [-0.2, 0) is 16.0 Å². The van der Waals surface area contributed by atoms with Crippen molar-refractivity contribution >= 4 is 11.9 Å². The van der Waals surface area contributed by atoms with Gasteiger partial charge < -0.3 is 10.0 Å². The molecule has 1 unspecified atom stereocenters. The number of carboxylic acid groups (broad SMARTS) is 1. The van der Waals surface area contributed by atoms with Crippen molar-refractivity contribution in [1.29, 1.82) is 0 Å². The zero-order valence-electron chi connectivity index (χ0n) is 11.0. The quantitative estimate of drug-likeness (QED) is 0.808. The van der Waals surface area contributed by atoms with Crippen molar-refractivity contribution in [3.8, 4) is 0 Å². The molecule has 1 aromatic rings. The predicted octanol–water partition coefficient (Wildman–Crippen LogP) is 1.72. The Labute approximate surface area is 107 Å². The van der Waals surface area contributed by atoms with Gasteiger partial charge in [0, 0.05) is 13.6 Å². The van der Waals surface area contributed by atoms with E-state index in [-0.39, 0.29) is 5.91 Å². The number of carboxylic acids is 1. The maximum Gasteiger partial charge on any atom is 0.315 e. The molecule has 1 atom stereocenters. The first-order valence-electron chi connectivity index (χ1n) is 5.95. The molecule has 0 saturated carbocycles. The van der Waals surface area contributed by atoms with Crippen LogP contribution in [0.25, 0.3) is 0 Å². The van der Waals surface area contributed by atoms with Gasteiger partial charge in [0.2, 0.25) is 5.91 Å². The van der Waals surface area contributed by atoms with Crippen LogP contribution in [0, 0.1) is 12.8 Å². The predicted molar refractivity (Wildman–Crippen MR) is 69.3 cm³/mol. The molecule has 1 amide bonds. The molecule has 98 valence electrons. The highest BCUT2D eigenvalue weighted by Crippen LogP contribution is 2.09. The fraction of sp³-hybridized carbons (Fsp3) is 0.429. The maximum atomic E-state index is 11.7. The minimum Gasteiger partial charge on any atom is -0.481 e. The van der Waals surface area contributed by atoms with Crippen molar-refractivity contribution in [3.05, 3.63) is 35.4 Å². The molecule has 0 aliphatic heterocycles. The highest BCUT2D eigenvalue weighted by Gasteiger charge is 2.23. The second-order valence-electron chi connectivity index (χ2n) is 4.50. The van der Waals surface area contributed by atoms with E-state index >= 15 is 0 Å². The van der Waals surface area contributed by atoms with Crippen molar-refractivity contribution in [2.45, 2.75) is 20.3 Å². The average molecular weight is 249 g/mol. The number of carbonyl (C=O) groups excluding carboxylic acids is 1. The molecular weight excluding hydrogens is 230 g/mol. The number of amides is 1. The van der Waals surface area contributed by atoms with Crippen LogP contribution in [0.1, 0.15) is 18.1 Å². The number of nitrogens with zero attached hydrogens (tertiary/aromatic N) is 1. The number of likely N-dealkylation sites (N-methyl/N-ethyl adjacent to an activating group) is 1. The van der Waals surface area contributed by atoms with Crippen LogP contribution in [0.2, 0.25) is 0 Å². The van der Waals surface area contributed by atoms with E-state index in [1.165, 1.54) is 23.0 Å². The lowest BCUT2D eigenvalue weighted by Crippen LogP contribution is -2.36. The molecule has 0 aliphatic rings. The summed E-state index contributed by atoms with van der Waals surface area (Å²) in [5.41, 5.74) is 2.37. The van der Waals surface area contributed by atoms with Gasteiger partial charge >= 0.3 is 5.97 Å². The Morgan fingerprint density at radius 2 is 1.94 bits per heavy atom. The summed E-state index contributed by atoms with van der Waals surface area (Å²) in [6, 6.07) is 7.98. The van der Waals surface area contributed by atoms with Gasteiger partial charge in [-0.15, -0.1) is 0 Å². The molecule has 0 heterocycles. The first-order chi connectivity index (χ1) is 8.43. The van der Waals surface area contributed by atoms with Crippen LogP contribution in [0.4, 0.5) is 0 Å². The van der Waals surface area contributed by atoms with Crippen molar-refractivity contribution in [1.82, 2.24) is 4.90 Å². The Kier molecular flexibility index (Phi) is 4.89. The van der Waals surface area contributed by atoms with Crippen LogP contribution in [0.15, 0.2) is 24.3 Å². The van der Waals surface area contributed by atoms with Crippen LogP contribution in [0.3, 0.4) is 0 Å². The Morgan fingerprint density at radius 3 is 2.50 bits per heavy atom. The molecule has 1 aromatic carbocycles. The van der Waals surface area contributed by atoms with Gasteiger partial charge in [-0.05, 0) is 31.4 Å². The van der Waals surface area contributed by atoms with E-state index in [0.717, 1.165) is 6.42 Å². The second kappa shape index (κ2) is 6.19. The number of benzene rings is 1. The molecule has 1 N–H and O–H groups in total. The Morgan fingerprint density at radius 1 is 1.33 bits per heavy atom. The molecule has 4 heteroatoms. The molecular formula is C14H19NO3. The number of rotatable bonds is 5. The minimum absolute atomic E-state index is 0.351. The van der Waals surface area contributed by atoms with Crippen LogP contribution < -0.4 is 0 Å². The van der Waals surface area contributed by atoms with E-state index in [9.17, 15) is 9.59 Å². The Balaban J connectivity index is 2.56. The van der Waals surface area contributed by atoms with E-state index in [1.807, 2.05) is 31.2 Å². The Hall–Kier alpha value is -1.84. The van der Waals surface area contributed by atoms with Crippen LogP contribution in [0.5, 0.6) is 0 Å². The topological polar surface area (TPSA) is 57.6 Å². The molecule has 0 fully saturated rings. The molecule has 0 aromatic heterocycles. The number of aryl methyl sites for hydroxylation is 1. The van der Waals surface area contributed by atoms with Gasteiger partial charge in [0.25, 0.3) is 0 Å². The third-order valence-corrected chi connectivity index (χ3v) is 3.09. The average Bonchev–Trinajstić information content (AvgIpc) is 2.35. The first kappa shape index (κ1) is 14.2. The van der Waals surface area contributed by atoms with Crippen molar-refractivity contribution < 1.29 is 14.7 Å². The fourth-order valence-corrected chi connectivity index (χ4v) is 1.73. The summed E-state index contributed by atoms with van der Waals surface area (Å²) in [6.07, 6.45) is 0.737. The van der Waals surface area contributed by atoms with Gasteiger partial charge in [-0.25, -0.2) is 0 Å². The van der Waals surface area contributed by atoms with E-state index in [0.29, 0.717) is 6.54 Å². The highest BCUT2D eigenvalue weighted by molar-refractivity contribution is 5.96. The van der Waals surface area contributed by atoms with Crippen LogP contribution >= 0.6 is 0 Å². The molecule has 0 spiro atoms. The summed E-state index contributed by atoms with van der Waals surface area (Å²) >= 11 is 0. The summed E-state index contributed by atoms with van der Waals surface area (Å²) < 4.78 is 0. The standard InChI is InChI=1S/C14H19NO3/c1-10-6-4-5-7-12(10)8-9-15(3)13(16)11(2)14(17)18/h4-7,11H,8-9H2,1-3H3,(H,17,18). The first-order valence-corrected chi connectivity index (χ1v) is 5.95. The summed E-state index contributed by atoms with van der Waals surface area (Å²) in [6.45, 7) is 3.97. The van der Waals surface area contributed by atoms with Crippen molar-refractivity contribution in [2.24, 2.45) is 5.92 Å². The summed E-state index contributed by atoms with van der Waals surface area (Å²) in [5, 5.41) is 8.78. The van der Waals surface area contributed by atoms with Crippen molar-refractivity contribution in [3.63, 3.8) is 0 Å². The minimum atomic E-state index is -1.08. The molecule has 0 aliphatic carbocycles. The number of hydrogen-bond donors (Lipinski definition) is 1. The van der Waals surface area contributed by atoms with Gasteiger partial charge in [0.05, 0.1) is 0 Å². The zero-order valence-corrected chi connectivity index (χ0v) is 11.0. The van der Waals surface area contributed by atoms with E-state index in [4.69, 9.17) is 5.11 Å². The molecule has 0 bridgehead atoms. The highest BCUT2D eigenvalue weighted by atomic mass is 16.4. The van der Waals surface area contributed by atoms with Gasteiger partial charge in [0.15, 0.2) is 0 Å². The maximum absolute atomic E-state index is 11.7. The van der Waals surface area contributed by atoms with E-state index < -0.39 is 11.9 Å². The summed E-state index contributed by atoms with van der Waals surface area (Å²) in [5.74, 6) is -2.41. The Bertz CT molecular complexity index is 442. The molecule has 0 radical (unpaired) electrons. The number of hydrogen-bond acceptors (Lipinski definition) is 2. The summed E-state index contributed by atoms with van der Waals surface area (Å²) in [4.78, 5) is 23.9.